The van der Waals surface area contributed by atoms with Crippen molar-refractivity contribution in [2.45, 2.75) is 32.4 Å². The molecule has 1 aromatic carbocycles. The summed E-state index contributed by atoms with van der Waals surface area (Å²) in [5.74, 6) is 0.979. The number of thioether (sulfide) groups is 1. The fraction of sp³-hybridized carbons (Fsp3) is 0.538. The van der Waals surface area contributed by atoms with Crippen LogP contribution in [0.5, 0.6) is 0 Å². The van der Waals surface area contributed by atoms with Crippen LogP contribution in [-0.2, 0) is 0 Å². The van der Waals surface area contributed by atoms with Gasteiger partial charge in [0, 0.05) is 22.1 Å². The predicted octanol–water partition coefficient (Wildman–Crippen LogP) is 4.38. The van der Waals surface area contributed by atoms with Crippen LogP contribution in [0.4, 0.5) is 4.39 Å². The first-order valence-corrected chi connectivity index (χ1v) is 7.93. The van der Waals surface area contributed by atoms with Crippen molar-refractivity contribution in [2.24, 2.45) is 0 Å². The van der Waals surface area contributed by atoms with Crippen LogP contribution < -0.4 is 5.32 Å². The third-order valence-corrected chi connectivity index (χ3v) is 3.85. The van der Waals surface area contributed by atoms with Crippen molar-refractivity contribution in [1.82, 2.24) is 5.32 Å². The molecule has 2 atom stereocenters. The number of rotatable bonds is 6. The van der Waals surface area contributed by atoms with Crippen molar-refractivity contribution in [2.75, 3.05) is 12.0 Å². The van der Waals surface area contributed by atoms with Crippen LogP contribution >= 0.6 is 27.7 Å². The number of hydrogen-bond donors (Lipinski definition) is 1. The fourth-order valence-corrected chi connectivity index (χ4v) is 2.71. The lowest BCUT2D eigenvalue weighted by Crippen LogP contribution is -2.29. The molecule has 96 valence electrons. The lowest BCUT2D eigenvalue weighted by atomic mass is 10.1. The lowest BCUT2D eigenvalue weighted by molar-refractivity contribution is 0.456. The zero-order valence-electron chi connectivity index (χ0n) is 10.5. The van der Waals surface area contributed by atoms with Crippen molar-refractivity contribution in [1.29, 1.82) is 0 Å². The van der Waals surface area contributed by atoms with E-state index in [0.717, 1.165) is 22.2 Å². The third kappa shape index (κ3) is 4.98. The van der Waals surface area contributed by atoms with Gasteiger partial charge in [-0.2, -0.15) is 11.8 Å². The molecular formula is C13H19BrFNS. The SMILES string of the molecule is CSCCC(C)NC(C)c1cc(Br)ccc1F. The van der Waals surface area contributed by atoms with Crippen LogP contribution in [0, 0.1) is 5.82 Å². The van der Waals surface area contributed by atoms with Gasteiger partial charge in [0.2, 0.25) is 0 Å². The maximum absolute atomic E-state index is 13.7. The molecule has 0 saturated heterocycles. The second-order valence-electron chi connectivity index (χ2n) is 4.24. The summed E-state index contributed by atoms with van der Waals surface area (Å²) in [5.41, 5.74) is 0.718. The molecule has 0 aliphatic rings. The quantitative estimate of drug-likeness (QED) is 0.835. The highest BCUT2D eigenvalue weighted by Crippen LogP contribution is 2.22. The average Bonchev–Trinajstić information content (AvgIpc) is 2.29. The Labute approximate surface area is 116 Å². The predicted molar refractivity (Wildman–Crippen MR) is 78.1 cm³/mol. The van der Waals surface area contributed by atoms with E-state index in [9.17, 15) is 4.39 Å². The van der Waals surface area contributed by atoms with E-state index in [1.807, 2.05) is 24.8 Å². The monoisotopic (exact) mass is 319 g/mol. The van der Waals surface area contributed by atoms with Crippen LogP contribution in [0.2, 0.25) is 0 Å². The van der Waals surface area contributed by atoms with Crippen LogP contribution in [-0.4, -0.2) is 18.1 Å². The molecule has 0 saturated carbocycles. The van der Waals surface area contributed by atoms with Gasteiger partial charge in [0.25, 0.3) is 0 Å². The molecule has 17 heavy (non-hydrogen) atoms. The van der Waals surface area contributed by atoms with Gasteiger partial charge in [-0.3, -0.25) is 0 Å². The Morgan fingerprint density at radius 3 is 2.76 bits per heavy atom. The van der Waals surface area contributed by atoms with E-state index in [2.05, 4.69) is 34.4 Å². The van der Waals surface area contributed by atoms with Gasteiger partial charge in [0.15, 0.2) is 0 Å². The number of benzene rings is 1. The molecule has 0 amide bonds. The molecule has 1 aromatic rings. The molecule has 2 unspecified atom stereocenters. The van der Waals surface area contributed by atoms with Gasteiger partial charge < -0.3 is 5.32 Å². The Balaban J connectivity index is 2.62. The first kappa shape index (κ1) is 15.0. The molecule has 1 rings (SSSR count). The molecule has 1 N–H and O–H groups in total. The normalized spacial score (nSPS) is 14.6. The van der Waals surface area contributed by atoms with Crippen LogP contribution in [0.1, 0.15) is 31.9 Å². The van der Waals surface area contributed by atoms with Gasteiger partial charge in [-0.15, -0.1) is 0 Å². The molecule has 0 bridgehead atoms. The zero-order chi connectivity index (χ0) is 12.8. The Hall–Kier alpha value is -0.0600. The van der Waals surface area contributed by atoms with Gasteiger partial charge in [-0.1, -0.05) is 15.9 Å². The van der Waals surface area contributed by atoms with E-state index >= 15 is 0 Å². The smallest absolute Gasteiger partial charge is 0.128 e. The van der Waals surface area contributed by atoms with Crippen LogP contribution in [0.15, 0.2) is 22.7 Å². The molecule has 0 aromatic heterocycles. The van der Waals surface area contributed by atoms with Gasteiger partial charge in [-0.25, -0.2) is 4.39 Å². The maximum Gasteiger partial charge on any atom is 0.128 e. The van der Waals surface area contributed by atoms with E-state index in [4.69, 9.17) is 0 Å². The summed E-state index contributed by atoms with van der Waals surface area (Å²) in [6.07, 6.45) is 3.20. The minimum absolute atomic E-state index is 0.0318. The molecule has 0 radical (unpaired) electrons. The molecule has 0 spiro atoms. The molecule has 0 fully saturated rings. The highest BCUT2D eigenvalue weighted by molar-refractivity contribution is 9.10. The molecule has 0 aliphatic carbocycles. The minimum Gasteiger partial charge on any atom is -0.308 e. The van der Waals surface area contributed by atoms with Crippen molar-refractivity contribution < 1.29 is 4.39 Å². The summed E-state index contributed by atoms with van der Waals surface area (Å²) >= 11 is 5.21. The number of hydrogen-bond acceptors (Lipinski definition) is 2. The summed E-state index contributed by atoms with van der Waals surface area (Å²) in [6.45, 7) is 4.14. The number of halogens is 2. The van der Waals surface area contributed by atoms with Crippen molar-refractivity contribution in [3.8, 4) is 0 Å². The van der Waals surface area contributed by atoms with Gasteiger partial charge in [0.05, 0.1) is 0 Å². The molecule has 0 aliphatic heterocycles. The standard InChI is InChI=1S/C13H19BrFNS/c1-9(6-7-17-3)16-10(2)12-8-11(14)4-5-13(12)15/h4-5,8-10,16H,6-7H2,1-3H3. The summed E-state index contributed by atoms with van der Waals surface area (Å²) in [5, 5.41) is 3.42. The third-order valence-electron chi connectivity index (χ3n) is 2.71. The summed E-state index contributed by atoms with van der Waals surface area (Å²) in [4.78, 5) is 0. The van der Waals surface area contributed by atoms with Gasteiger partial charge in [0.1, 0.15) is 5.82 Å². The lowest BCUT2D eigenvalue weighted by Gasteiger charge is -2.20. The second-order valence-corrected chi connectivity index (χ2v) is 6.14. The van der Waals surface area contributed by atoms with E-state index < -0.39 is 0 Å². The van der Waals surface area contributed by atoms with Gasteiger partial charge in [-0.05, 0) is 50.5 Å². The van der Waals surface area contributed by atoms with Crippen molar-refractivity contribution in [3.63, 3.8) is 0 Å². The van der Waals surface area contributed by atoms with Gasteiger partial charge >= 0.3 is 0 Å². The second kappa shape index (κ2) is 7.39. The van der Waals surface area contributed by atoms with E-state index in [-0.39, 0.29) is 11.9 Å². The van der Waals surface area contributed by atoms with Crippen LogP contribution in [0.25, 0.3) is 0 Å². The van der Waals surface area contributed by atoms with E-state index in [1.54, 1.807) is 6.07 Å². The Morgan fingerprint density at radius 2 is 2.12 bits per heavy atom. The summed E-state index contributed by atoms with van der Waals surface area (Å²) < 4.78 is 14.6. The first-order chi connectivity index (χ1) is 8.04. The fourth-order valence-electron chi connectivity index (χ4n) is 1.74. The van der Waals surface area contributed by atoms with E-state index in [1.165, 1.54) is 6.07 Å². The summed E-state index contributed by atoms with van der Waals surface area (Å²) in [7, 11) is 0. The summed E-state index contributed by atoms with van der Waals surface area (Å²) in [6, 6.07) is 5.50. The Bertz CT molecular complexity index is 359. The first-order valence-electron chi connectivity index (χ1n) is 5.74. The highest BCUT2D eigenvalue weighted by atomic mass is 79.9. The number of nitrogens with one attached hydrogen (secondary N) is 1. The molecule has 1 nitrogen and oxygen atoms in total. The molecular weight excluding hydrogens is 301 g/mol. The molecule has 4 heteroatoms. The Kier molecular flexibility index (Phi) is 6.52. The van der Waals surface area contributed by atoms with E-state index in [0.29, 0.717) is 6.04 Å². The maximum atomic E-state index is 13.7. The van der Waals surface area contributed by atoms with Crippen molar-refractivity contribution in [3.05, 3.63) is 34.1 Å². The minimum atomic E-state index is -0.148. The average molecular weight is 320 g/mol. The van der Waals surface area contributed by atoms with Crippen LogP contribution in [0.3, 0.4) is 0 Å². The topological polar surface area (TPSA) is 12.0 Å². The highest BCUT2D eigenvalue weighted by Gasteiger charge is 2.13. The largest absolute Gasteiger partial charge is 0.308 e. The molecule has 0 heterocycles. The van der Waals surface area contributed by atoms with Crippen molar-refractivity contribution >= 4 is 27.7 Å². The Morgan fingerprint density at radius 1 is 1.41 bits per heavy atom. The zero-order valence-corrected chi connectivity index (χ0v) is 12.9.